The van der Waals surface area contributed by atoms with Crippen LogP contribution in [-0.2, 0) is 4.79 Å². The lowest BCUT2D eigenvalue weighted by Gasteiger charge is -2.19. The Hall–Kier alpha value is -1.62. The van der Waals surface area contributed by atoms with Gasteiger partial charge in [0.15, 0.2) is 0 Å². The van der Waals surface area contributed by atoms with Crippen molar-refractivity contribution in [3.63, 3.8) is 0 Å². The molecule has 92 valence electrons. The molecule has 1 atom stereocenters. The molecule has 0 saturated carbocycles. The number of carbonyl (C=O) groups is 1. The zero-order chi connectivity index (χ0) is 13.0. The van der Waals surface area contributed by atoms with Crippen LogP contribution < -0.4 is 16.0 Å². The molecule has 0 heterocycles. The SMILES string of the molecule is CC(C(=O)Nc1ccccc1N(C)C)C(N)=S. The van der Waals surface area contributed by atoms with Crippen LogP contribution >= 0.6 is 12.2 Å². The highest BCUT2D eigenvalue weighted by Crippen LogP contribution is 2.23. The third kappa shape index (κ3) is 3.42. The second-order valence-corrected chi connectivity index (χ2v) is 4.50. The highest BCUT2D eigenvalue weighted by Gasteiger charge is 2.16. The number of anilines is 2. The van der Waals surface area contributed by atoms with E-state index in [9.17, 15) is 4.79 Å². The van der Waals surface area contributed by atoms with Gasteiger partial charge in [-0.05, 0) is 19.1 Å². The highest BCUT2D eigenvalue weighted by atomic mass is 32.1. The van der Waals surface area contributed by atoms with E-state index in [0.29, 0.717) is 0 Å². The summed E-state index contributed by atoms with van der Waals surface area (Å²) in [6.45, 7) is 1.69. The molecule has 0 aliphatic heterocycles. The largest absolute Gasteiger partial charge is 0.393 e. The molecule has 0 aliphatic rings. The Labute approximate surface area is 107 Å². The van der Waals surface area contributed by atoms with Crippen LogP contribution in [0.5, 0.6) is 0 Å². The summed E-state index contributed by atoms with van der Waals surface area (Å²) in [5.41, 5.74) is 7.14. The van der Waals surface area contributed by atoms with Crippen molar-refractivity contribution in [1.82, 2.24) is 0 Å². The third-order valence-electron chi connectivity index (χ3n) is 2.46. The molecule has 1 aromatic carbocycles. The fraction of sp³-hybridized carbons (Fsp3) is 0.333. The minimum absolute atomic E-state index is 0.188. The van der Waals surface area contributed by atoms with E-state index in [2.05, 4.69) is 5.32 Å². The van der Waals surface area contributed by atoms with Crippen LogP contribution in [0.2, 0.25) is 0 Å². The van der Waals surface area contributed by atoms with Gasteiger partial charge in [0, 0.05) is 14.1 Å². The average Bonchev–Trinajstić information content (AvgIpc) is 2.28. The number of nitrogens with two attached hydrogens (primary N) is 1. The van der Waals surface area contributed by atoms with Crippen LogP contribution in [-0.4, -0.2) is 25.0 Å². The van der Waals surface area contributed by atoms with Crippen molar-refractivity contribution in [2.75, 3.05) is 24.3 Å². The van der Waals surface area contributed by atoms with E-state index in [1.807, 2.05) is 43.3 Å². The number of amides is 1. The van der Waals surface area contributed by atoms with Gasteiger partial charge in [-0.25, -0.2) is 0 Å². The van der Waals surface area contributed by atoms with Crippen LogP contribution in [0.3, 0.4) is 0 Å². The molecule has 0 radical (unpaired) electrons. The second-order valence-electron chi connectivity index (χ2n) is 4.02. The highest BCUT2D eigenvalue weighted by molar-refractivity contribution is 7.80. The summed E-state index contributed by atoms with van der Waals surface area (Å²) in [4.78, 5) is 14.0. The first-order chi connectivity index (χ1) is 7.93. The van der Waals surface area contributed by atoms with E-state index in [0.717, 1.165) is 11.4 Å². The Bertz CT molecular complexity index is 432. The number of benzene rings is 1. The van der Waals surface area contributed by atoms with Crippen LogP contribution in [0.25, 0.3) is 0 Å². The standard InChI is InChI=1S/C12H17N3OS/c1-8(11(13)17)12(16)14-9-6-4-5-7-10(9)15(2)3/h4-8H,1-3H3,(H2,13,17)(H,14,16). The van der Waals surface area contributed by atoms with Gasteiger partial charge in [0.2, 0.25) is 5.91 Å². The summed E-state index contributed by atoms with van der Waals surface area (Å²) in [5, 5.41) is 2.82. The average molecular weight is 251 g/mol. The first kappa shape index (κ1) is 13.4. The molecule has 0 spiro atoms. The number of carbonyl (C=O) groups excluding carboxylic acids is 1. The summed E-state index contributed by atoms with van der Waals surface area (Å²) in [6.07, 6.45) is 0. The number of hydrogen-bond donors (Lipinski definition) is 2. The fourth-order valence-electron chi connectivity index (χ4n) is 1.34. The molecule has 1 unspecified atom stereocenters. The Morgan fingerprint density at radius 3 is 2.53 bits per heavy atom. The lowest BCUT2D eigenvalue weighted by molar-refractivity contribution is -0.117. The first-order valence-corrected chi connectivity index (χ1v) is 5.71. The maximum Gasteiger partial charge on any atom is 0.234 e. The molecular formula is C12H17N3OS. The van der Waals surface area contributed by atoms with Gasteiger partial charge in [-0.3, -0.25) is 4.79 Å². The Balaban J connectivity index is 2.88. The Morgan fingerprint density at radius 1 is 1.41 bits per heavy atom. The van der Waals surface area contributed by atoms with E-state index >= 15 is 0 Å². The van der Waals surface area contributed by atoms with E-state index in [4.69, 9.17) is 18.0 Å². The third-order valence-corrected chi connectivity index (χ3v) is 2.82. The summed E-state index contributed by atoms with van der Waals surface area (Å²) < 4.78 is 0. The molecule has 17 heavy (non-hydrogen) atoms. The van der Waals surface area contributed by atoms with Crippen molar-refractivity contribution in [3.05, 3.63) is 24.3 Å². The zero-order valence-corrected chi connectivity index (χ0v) is 11.0. The van der Waals surface area contributed by atoms with Gasteiger partial charge >= 0.3 is 0 Å². The molecule has 1 amide bonds. The molecule has 3 N–H and O–H groups in total. The van der Waals surface area contributed by atoms with Crippen LogP contribution in [0.15, 0.2) is 24.3 Å². The zero-order valence-electron chi connectivity index (χ0n) is 10.2. The maximum absolute atomic E-state index is 11.8. The van der Waals surface area contributed by atoms with E-state index < -0.39 is 5.92 Å². The molecule has 0 bridgehead atoms. The minimum Gasteiger partial charge on any atom is -0.393 e. The predicted octanol–water partition coefficient (Wildman–Crippen LogP) is 1.61. The molecule has 1 rings (SSSR count). The van der Waals surface area contributed by atoms with Crippen molar-refractivity contribution < 1.29 is 4.79 Å². The van der Waals surface area contributed by atoms with Gasteiger partial charge in [-0.2, -0.15) is 0 Å². The van der Waals surface area contributed by atoms with Gasteiger partial charge in [-0.15, -0.1) is 0 Å². The quantitative estimate of drug-likeness (QED) is 0.798. The van der Waals surface area contributed by atoms with E-state index in [1.54, 1.807) is 6.92 Å². The van der Waals surface area contributed by atoms with Gasteiger partial charge in [0.05, 0.1) is 22.3 Å². The molecule has 0 fully saturated rings. The number of nitrogens with one attached hydrogen (secondary N) is 1. The van der Waals surface area contributed by atoms with Crippen LogP contribution in [0.4, 0.5) is 11.4 Å². The number of thiocarbonyl (C=S) groups is 1. The van der Waals surface area contributed by atoms with Gasteiger partial charge < -0.3 is 16.0 Å². The topological polar surface area (TPSA) is 58.4 Å². The lowest BCUT2D eigenvalue weighted by Crippen LogP contribution is -2.31. The van der Waals surface area contributed by atoms with Crippen LogP contribution in [0, 0.1) is 5.92 Å². The monoisotopic (exact) mass is 251 g/mol. The molecule has 0 aromatic heterocycles. The van der Waals surface area contributed by atoms with Crippen molar-refractivity contribution in [1.29, 1.82) is 0 Å². The first-order valence-electron chi connectivity index (χ1n) is 5.30. The fourth-order valence-corrected chi connectivity index (χ4v) is 1.45. The normalized spacial score (nSPS) is 11.7. The predicted molar refractivity (Wildman–Crippen MR) is 75.3 cm³/mol. The van der Waals surface area contributed by atoms with Gasteiger partial charge in [0.25, 0.3) is 0 Å². The van der Waals surface area contributed by atoms with E-state index in [-0.39, 0.29) is 10.9 Å². The lowest BCUT2D eigenvalue weighted by atomic mass is 10.1. The van der Waals surface area contributed by atoms with Crippen molar-refractivity contribution >= 4 is 34.5 Å². The molecule has 0 aliphatic carbocycles. The second kappa shape index (κ2) is 5.63. The number of nitrogens with zero attached hydrogens (tertiary/aromatic N) is 1. The number of para-hydroxylation sites is 2. The molecule has 4 nitrogen and oxygen atoms in total. The molecule has 5 heteroatoms. The summed E-state index contributed by atoms with van der Waals surface area (Å²) >= 11 is 4.80. The molecule has 0 saturated heterocycles. The number of hydrogen-bond acceptors (Lipinski definition) is 3. The van der Waals surface area contributed by atoms with Gasteiger partial charge in [0.1, 0.15) is 0 Å². The van der Waals surface area contributed by atoms with Crippen molar-refractivity contribution in [2.45, 2.75) is 6.92 Å². The summed E-state index contributed by atoms with van der Waals surface area (Å²) in [5.74, 6) is -0.660. The van der Waals surface area contributed by atoms with Crippen molar-refractivity contribution in [3.8, 4) is 0 Å². The Morgan fingerprint density at radius 2 is 2.00 bits per heavy atom. The molecule has 1 aromatic rings. The summed E-state index contributed by atoms with van der Waals surface area (Å²) in [7, 11) is 3.84. The number of rotatable bonds is 4. The van der Waals surface area contributed by atoms with Crippen molar-refractivity contribution in [2.24, 2.45) is 11.7 Å². The van der Waals surface area contributed by atoms with E-state index in [1.165, 1.54) is 0 Å². The Kier molecular flexibility index (Phi) is 4.45. The minimum atomic E-state index is -0.472. The van der Waals surface area contributed by atoms with Crippen LogP contribution in [0.1, 0.15) is 6.92 Å². The maximum atomic E-state index is 11.8. The smallest absolute Gasteiger partial charge is 0.234 e. The molecular weight excluding hydrogens is 234 g/mol. The summed E-state index contributed by atoms with van der Waals surface area (Å²) in [6, 6.07) is 7.57. The van der Waals surface area contributed by atoms with Gasteiger partial charge in [-0.1, -0.05) is 24.4 Å².